The quantitative estimate of drug-likeness (QED) is 0.694. The van der Waals surface area contributed by atoms with E-state index in [-0.39, 0.29) is 0 Å². The van der Waals surface area contributed by atoms with Crippen LogP contribution in [0.25, 0.3) is 11.0 Å². The molecular weight excluding hydrogens is 326 g/mol. The minimum atomic E-state index is 0.680. The molecule has 3 atom stereocenters. The van der Waals surface area contributed by atoms with Crippen LogP contribution in [-0.2, 0) is 0 Å². The predicted octanol–water partition coefficient (Wildman–Crippen LogP) is 2.87. The molecule has 1 saturated carbocycles. The van der Waals surface area contributed by atoms with E-state index in [2.05, 4.69) is 25.2 Å². The molecule has 1 saturated heterocycles. The second-order valence-electron chi connectivity index (χ2n) is 7.31. The van der Waals surface area contributed by atoms with E-state index in [9.17, 15) is 4.79 Å². The largest absolute Gasteiger partial charge is 0.370 e. The molecule has 6 heteroatoms. The number of hydrogen-bond acceptors (Lipinski definition) is 5. The van der Waals surface area contributed by atoms with Crippen LogP contribution < -0.4 is 10.2 Å². The maximum absolute atomic E-state index is 11.3. The number of carbonyl (C=O) groups excluding carboxylic acids is 1. The number of hydrogen-bond donors (Lipinski definition) is 2. The summed E-state index contributed by atoms with van der Waals surface area (Å²) < 4.78 is 0. The zero-order valence-corrected chi connectivity index (χ0v) is 14.6. The number of aromatic nitrogens is 3. The number of anilines is 2. The number of benzene rings is 1. The molecule has 1 unspecified atom stereocenters. The Bertz CT molecular complexity index is 969. The Kier molecular flexibility index (Phi) is 3.45. The van der Waals surface area contributed by atoms with Gasteiger partial charge in [-0.15, -0.1) is 0 Å². The van der Waals surface area contributed by atoms with Crippen molar-refractivity contribution in [1.82, 2.24) is 15.0 Å². The molecule has 3 aromatic rings. The Labute approximate surface area is 151 Å². The van der Waals surface area contributed by atoms with E-state index in [0.29, 0.717) is 17.8 Å². The van der Waals surface area contributed by atoms with Crippen molar-refractivity contribution in [2.75, 3.05) is 29.9 Å². The molecule has 3 heterocycles. The molecule has 1 aliphatic heterocycles. The fourth-order valence-corrected chi connectivity index (χ4v) is 4.43. The molecule has 1 aliphatic carbocycles. The Hall–Kier alpha value is -2.89. The molecule has 1 aromatic carbocycles. The highest BCUT2D eigenvalue weighted by molar-refractivity contribution is 5.87. The van der Waals surface area contributed by atoms with Crippen molar-refractivity contribution >= 4 is 28.8 Å². The van der Waals surface area contributed by atoms with Crippen LogP contribution in [0.1, 0.15) is 16.2 Å². The molecule has 132 valence electrons. The third-order valence-electron chi connectivity index (χ3n) is 5.81. The first-order valence-corrected chi connectivity index (χ1v) is 9.09. The first-order valence-electron chi connectivity index (χ1n) is 9.09. The normalized spacial score (nSPS) is 23.9. The van der Waals surface area contributed by atoms with Gasteiger partial charge in [0.25, 0.3) is 0 Å². The van der Waals surface area contributed by atoms with E-state index >= 15 is 0 Å². The fourth-order valence-electron chi connectivity index (χ4n) is 4.43. The van der Waals surface area contributed by atoms with Crippen molar-refractivity contribution in [2.24, 2.45) is 17.8 Å². The summed E-state index contributed by atoms with van der Waals surface area (Å²) in [6.45, 7) is 4.92. The summed E-state index contributed by atoms with van der Waals surface area (Å²) in [6.07, 6.45) is 2.86. The van der Waals surface area contributed by atoms with Crippen molar-refractivity contribution < 1.29 is 4.79 Å². The van der Waals surface area contributed by atoms with Gasteiger partial charge in [-0.05, 0) is 42.9 Å². The fraction of sp³-hybridized carbons (Fsp3) is 0.350. The molecule has 6 nitrogen and oxygen atoms in total. The number of nitrogens with one attached hydrogen (secondary N) is 2. The summed E-state index contributed by atoms with van der Waals surface area (Å²) in [6, 6.07) is 9.88. The maximum atomic E-state index is 11.3. The van der Waals surface area contributed by atoms with Crippen molar-refractivity contribution in [3.8, 4) is 0 Å². The van der Waals surface area contributed by atoms with Crippen molar-refractivity contribution in [3.63, 3.8) is 0 Å². The Morgan fingerprint density at radius 3 is 2.85 bits per heavy atom. The number of piperidine rings is 1. The number of carbonyl (C=O) groups is 1. The van der Waals surface area contributed by atoms with E-state index in [1.165, 1.54) is 0 Å². The van der Waals surface area contributed by atoms with Crippen LogP contribution in [0, 0.1) is 24.7 Å². The third-order valence-corrected chi connectivity index (χ3v) is 5.81. The second-order valence-corrected chi connectivity index (χ2v) is 7.31. The monoisotopic (exact) mass is 347 g/mol. The van der Waals surface area contributed by atoms with E-state index in [1.54, 1.807) is 0 Å². The van der Waals surface area contributed by atoms with Gasteiger partial charge >= 0.3 is 0 Å². The highest BCUT2D eigenvalue weighted by atomic mass is 16.1. The number of nitrogens with zero attached hydrogens (tertiary/aromatic N) is 3. The van der Waals surface area contributed by atoms with Gasteiger partial charge in [0.15, 0.2) is 6.29 Å². The van der Waals surface area contributed by atoms with Gasteiger partial charge in [0.05, 0.1) is 5.39 Å². The van der Waals surface area contributed by atoms with E-state index in [4.69, 9.17) is 0 Å². The average Bonchev–Trinajstić information content (AvgIpc) is 3.03. The molecule has 2 N–H and O–H groups in total. The molecule has 26 heavy (non-hydrogen) atoms. The number of fused-ring (bicyclic) bond motifs is 2. The maximum Gasteiger partial charge on any atom is 0.152 e. The lowest BCUT2D eigenvalue weighted by molar-refractivity contribution is 0.112. The predicted molar refractivity (Wildman–Crippen MR) is 102 cm³/mol. The van der Waals surface area contributed by atoms with Crippen LogP contribution in [0.2, 0.25) is 0 Å². The minimum Gasteiger partial charge on any atom is -0.370 e. The molecule has 0 radical (unpaired) electrons. The van der Waals surface area contributed by atoms with E-state index in [1.807, 2.05) is 43.5 Å². The Balaban J connectivity index is 1.24. The molecular formula is C20H21N5O. The summed E-state index contributed by atoms with van der Waals surface area (Å²) in [7, 11) is 0. The van der Waals surface area contributed by atoms with Gasteiger partial charge < -0.3 is 15.2 Å². The van der Waals surface area contributed by atoms with Crippen molar-refractivity contribution in [1.29, 1.82) is 0 Å². The highest BCUT2D eigenvalue weighted by Gasteiger charge is 2.55. The average molecular weight is 347 g/mol. The molecule has 2 fully saturated rings. The number of aldehydes is 1. The van der Waals surface area contributed by atoms with Crippen LogP contribution in [0.3, 0.4) is 0 Å². The zero-order chi connectivity index (χ0) is 17.7. The van der Waals surface area contributed by atoms with E-state index in [0.717, 1.165) is 59.8 Å². The lowest BCUT2D eigenvalue weighted by Gasteiger charge is -2.23. The lowest BCUT2D eigenvalue weighted by atomic mass is 10.1. The summed E-state index contributed by atoms with van der Waals surface area (Å²) >= 11 is 0. The van der Waals surface area contributed by atoms with Crippen LogP contribution in [0.5, 0.6) is 0 Å². The molecule has 2 aliphatic rings. The summed E-state index contributed by atoms with van der Waals surface area (Å²) in [5, 5.41) is 4.58. The Morgan fingerprint density at radius 1 is 1.23 bits per heavy atom. The van der Waals surface area contributed by atoms with Gasteiger partial charge in [-0.2, -0.15) is 0 Å². The summed E-state index contributed by atoms with van der Waals surface area (Å²) in [5.74, 6) is 3.77. The van der Waals surface area contributed by atoms with Crippen molar-refractivity contribution in [3.05, 3.63) is 47.9 Å². The van der Waals surface area contributed by atoms with Crippen molar-refractivity contribution in [2.45, 2.75) is 6.92 Å². The van der Waals surface area contributed by atoms with Gasteiger partial charge in [0, 0.05) is 37.1 Å². The third kappa shape index (κ3) is 2.44. The number of H-pyrrole nitrogens is 1. The number of aryl methyl sites for hydroxylation is 1. The number of rotatable bonds is 5. The van der Waals surface area contributed by atoms with Crippen LogP contribution >= 0.6 is 0 Å². The van der Waals surface area contributed by atoms with Gasteiger partial charge in [0.1, 0.15) is 17.3 Å². The van der Waals surface area contributed by atoms with E-state index < -0.39 is 0 Å². The number of aromatic amines is 1. The van der Waals surface area contributed by atoms with Crippen LogP contribution in [0.4, 0.5) is 11.5 Å². The SMILES string of the molecule is Cc1nc(NCC2[C@H]3CN(c4ccccc4C=O)C[C@@H]23)c2cc[nH]c2n1. The van der Waals surface area contributed by atoms with Gasteiger partial charge in [-0.3, -0.25) is 4.79 Å². The summed E-state index contributed by atoms with van der Waals surface area (Å²) in [5.41, 5.74) is 2.74. The van der Waals surface area contributed by atoms with Crippen LogP contribution in [-0.4, -0.2) is 40.9 Å². The zero-order valence-electron chi connectivity index (χ0n) is 14.6. The first kappa shape index (κ1) is 15.4. The van der Waals surface area contributed by atoms with Gasteiger partial charge in [-0.1, -0.05) is 12.1 Å². The topological polar surface area (TPSA) is 73.9 Å². The molecule has 2 aromatic heterocycles. The lowest BCUT2D eigenvalue weighted by Crippen LogP contribution is -2.26. The number of para-hydroxylation sites is 1. The smallest absolute Gasteiger partial charge is 0.152 e. The van der Waals surface area contributed by atoms with Crippen LogP contribution in [0.15, 0.2) is 36.5 Å². The standard InChI is InChI=1S/C20H21N5O/c1-12-23-19-14(6-7-21-19)20(24-12)22-8-15-16-9-25(10-17(15)16)18-5-3-2-4-13(18)11-26/h2-7,11,15-17H,8-10H2,1H3,(H2,21,22,23,24)/t15?,16-,17+. The Morgan fingerprint density at radius 2 is 2.04 bits per heavy atom. The second kappa shape index (κ2) is 5.83. The highest BCUT2D eigenvalue weighted by Crippen LogP contribution is 2.52. The summed E-state index contributed by atoms with van der Waals surface area (Å²) in [4.78, 5) is 25.7. The molecule has 5 rings (SSSR count). The molecule has 0 amide bonds. The van der Waals surface area contributed by atoms with Gasteiger partial charge in [0.2, 0.25) is 0 Å². The van der Waals surface area contributed by atoms with Gasteiger partial charge in [-0.25, -0.2) is 9.97 Å². The molecule has 0 spiro atoms. The molecule has 0 bridgehead atoms. The first-order chi connectivity index (χ1) is 12.7. The minimum absolute atomic E-state index is 0.680.